The van der Waals surface area contributed by atoms with Crippen LogP contribution in [0.5, 0.6) is 0 Å². The molecule has 1 aromatic carbocycles. The van der Waals surface area contributed by atoms with E-state index in [1.807, 2.05) is 6.92 Å². The van der Waals surface area contributed by atoms with Crippen LogP contribution in [0, 0.1) is 21.8 Å². The van der Waals surface area contributed by atoms with Crippen molar-refractivity contribution >= 4 is 5.69 Å². The van der Waals surface area contributed by atoms with Crippen molar-refractivity contribution in [3.05, 3.63) is 39.7 Å². The van der Waals surface area contributed by atoms with E-state index < -0.39 is 10.7 Å². The Kier molecular flexibility index (Phi) is 5.22. The van der Waals surface area contributed by atoms with Gasteiger partial charge in [0.1, 0.15) is 5.82 Å². The summed E-state index contributed by atoms with van der Waals surface area (Å²) in [5.41, 5.74) is 0.343. The van der Waals surface area contributed by atoms with E-state index in [2.05, 4.69) is 19.2 Å². The highest BCUT2D eigenvalue weighted by Crippen LogP contribution is 2.20. The maximum Gasteiger partial charge on any atom is 0.274 e. The van der Waals surface area contributed by atoms with Gasteiger partial charge in [0.15, 0.2) is 0 Å². The lowest BCUT2D eigenvalue weighted by Gasteiger charge is -2.19. The van der Waals surface area contributed by atoms with Gasteiger partial charge in [-0.1, -0.05) is 20.3 Å². The van der Waals surface area contributed by atoms with Gasteiger partial charge in [0.25, 0.3) is 5.69 Å². The fraction of sp³-hybridized carbons (Fsp3) is 0.538. The first-order valence-electron chi connectivity index (χ1n) is 6.11. The second-order valence-corrected chi connectivity index (χ2v) is 4.59. The summed E-state index contributed by atoms with van der Waals surface area (Å²) in [6.07, 6.45) is 1.03. The lowest BCUT2D eigenvalue weighted by atomic mass is 10.0. The average Bonchev–Trinajstić information content (AvgIpc) is 2.34. The van der Waals surface area contributed by atoms with E-state index in [0.29, 0.717) is 18.0 Å². The Bertz CT molecular complexity index is 423. The molecule has 0 heterocycles. The molecule has 4 nitrogen and oxygen atoms in total. The van der Waals surface area contributed by atoms with E-state index in [9.17, 15) is 14.5 Å². The number of hydrogen-bond acceptors (Lipinski definition) is 3. The Hall–Kier alpha value is -1.49. The van der Waals surface area contributed by atoms with E-state index in [1.165, 1.54) is 12.1 Å². The predicted molar refractivity (Wildman–Crippen MR) is 68.8 cm³/mol. The molecule has 5 heteroatoms. The van der Waals surface area contributed by atoms with Crippen molar-refractivity contribution in [3.8, 4) is 0 Å². The third-order valence-electron chi connectivity index (χ3n) is 3.35. The smallest absolute Gasteiger partial charge is 0.274 e. The molecule has 0 radical (unpaired) electrons. The first kappa shape index (κ1) is 14.6. The number of nitrogens with one attached hydrogen (secondary N) is 1. The van der Waals surface area contributed by atoms with Gasteiger partial charge in [0, 0.05) is 24.2 Å². The normalized spacial score (nSPS) is 14.2. The first-order valence-corrected chi connectivity index (χ1v) is 6.11. The van der Waals surface area contributed by atoms with Crippen molar-refractivity contribution in [3.63, 3.8) is 0 Å². The molecular weight excluding hydrogens is 235 g/mol. The molecule has 0 bridgehead atoms. The van der Waals surface area contributed by atoms with Crippen LogP contribution in [0.2, 0.25) is 0 Å². The van der Waals surface area contributed by atoms with Gasteiger partial charge in [-0.05, 0) is 25.0 Å². The van der Waals surface area contributed by atoms with E-state index in [1.54, 1.807) is 0 Å². The van der Waals surface area contributed by atoms with Gasteiger partial charge < -0.3 is 5.32 Å². The zero-order valence-electron chi connectivity index (χ0n) is 10.9. The van der Waals surface area contributed by atoms with Gasteiger partial charge in [-0.25, -0.2) is 4.39 Å². The van der Waals surface area contributed by atoms with Gasteiger partial charge in [-0.15, -0.1) is 0 Å². The lowest BCUT2D eigenvalue weighted by Crippen LogP contribution is -2.31. The molecule has 1 N–H and O–H groups in total. The molecule has 0 saturated heterocycles. The molecule has 0 fully saturated rings. The average molecular weight is 254 g/mol. The molecule has 0 aliphatic rings. The van der Waals surface area contributed by atoms with E-state index in [-0.39, 0.29) is 11.7 Å². The standard InChI is InChI=1S/C13H19FN2O2/c1-4-9(2)10(3)15-8-11-7-12(14)5-6-13(11)16(17)18/h5-7,9-10,15H,4,8H2,1-3H3. The van der Waals surface area contributed by atoms with Crippen LogP contribution in [0.15, 0.2) is 18.2 Å². The van der Waals surface area contributed by atoms with Crippen molar-refractivity contribution in [2.75, 3.05) is 0 Å². The minimum atomic E-state index is -0.482. The zero-order chi connectivity index (χ0) is 13.7. The van der Waals surface area contributed by atoms with Crippen molar-refractivity contribution in [1.82, 2.24) is 5.32 Å². The largest absolute Gasteiger partial charge is 0.310 e. The number of benzene rings is 1. The van der Waals surface area contributed by atoms with Crippen LogP contribution in [-0.2, 0) is 6.54 Å². The van der Waals surface area contributed by atoms with Crippen molar-refractivity contribution in [2.24, 2.45) is 5.92 Å². The Morgan fingerprint density at radius 1 is 1.44 bits per heavy atom. The molecule has 2 atom stereocenters. The summed E-state index contributed by atoms with van der Waals surface area (Å²) in [5.74, 6) is 0.0196. The minimum absolute atomic E-state index is 0.0414. The fourth-order valence-corrected chi connectivity index (χ4v) is 1.70. The van der Waals surface area contributed by atoms with Crippen LogP contribution in [0.1, 0.15) is 32.8 Å². The molecular formula is C13H19FN2O2. The van der Waals surface area contributed by atoms with E-state index in [0.717, 1.165) is 12.5 Å². The van der Waals surface area contributed by atoms with Crippen molar-refractivity contribution in [2.45, 2.75) is 39.8 Å². The molecule has 18 heavy (non-hydrogen) atoms. The number of nitrogens with zero attached hydrogens (tertiary/aromatic N) is 1. The van der Waals surface area contributed by atoms with Crippen LogP contribution in [0.4, 0.5) is 10.1 Å². The number of nitro benzene ring substituents is 1. The van der Waals surface area contributed by atoms with Crippen LogP contribution in [0.25, 0.3) is 0 Å². The monoisotopic (exact) mass is 254 g/mol. The quantitative estimate of drug-likeness (QED) is 0.626. The number of rotatable bonds is 6. The number of hydrogen-bond donors (Lipinski definition) is 1. The van der Waals surface area contributed by atoms with Gasteiger partial charge in [-0.2, -0.15) is 0 Å². The maximum atomic E-state index is 13.1. The summed E-state index contributed by atoms with van der Waals surface area (Å²) < 4.78 is 13.1. The second-order valence-electron chi connectivity index (χ2n) is 4.59. The van der Waals surface area contributed by atoms with Gasteiger partial charge in [0.2, 0.25) is 0 Å². The third-order valence-corrected chi connectivity index (χ3v) is 3.35. The summed E-state index contributed by atoms with van der Waals surface area (Å²) in [5, 5.41) is 14.0. The molecule has 2 unspecified atom stereocenters. The van der Waals surface area contributed by atoms with Crippen molar-refractivity contribution in [1.29, 1.82) is 0 Å². The zero-order valence-corrected chi connectivity index (χ0v) is 10.9. The maximum absolute atomic E-state index is 13.1. The number of halogens is 1. The first-order chi connectivity index (χ1) is 8.45. The second kappa shape index (κ2) is 6.44. The molecule has 0 aromatic heterocycles. The van der Waals surface area contributed by atoms with Gasteiger partial charge in [-0.3, -0.25) is 10.1 Å². The SMILES string of the molecule is CCC(C)C(C)NCc1cc(F)ccc1[N+](=O)[O-]. The summed E-state index contributed by atoms with van der Waals surface area (Å²) in [4.78, 5) is 10.3. The fourth-order valence-electron chi connectivity index (χ4n) is 1.70. The Balaban J connectivity index is 2.77. The molecule has 1 rings (SSSR count). The molecule has 0 spiro atoms. The topological polar surface area (TPSA) is 55.2 Å². The molecule has 0 amide bonds. The van der Waals surface area contributed by atoms with E-state index in [4.69, 9.17) is 0 Å². The Morgan fingerprint density at radius 3 is 2.67 bits per heavy atom. The lowest BCUT2D eigenvalue weighted by molar-refractivity contribution is -0.385. The van der Waals surface area contributed by atoms with Crippen molar-refractivity contribution < 1.29 is 9.31 Å². The number of nitro groups is 1. The molecule has 100 valence electrons. The highest BCUT2D eigenvalue weighted by Gasteiger charge is 2.16. The Labute approximate surface area is 106 Å². The summed E-state index contributed by atoms with van der Waals surface area (Å²) in [7, 11) is 0. The van der Waals surface area contributed by atoms with Crippen LogP contribution >= 0.6 is 0 Å². The predicted octanol–water partition coefficient (Wildman–Crippen LogP) is 3.26. The molecule has 0 aliphatic carbocycles. The van der Waals surface area contributed by atoms with Crippen LogP contribution in [0.3, 0.4) is 0 Å². The highest BCUT2D eigenvalue weighted by atomic mass is 19.1. The molecule has 0 aliphatic heterocycles. The summed E-state index contributed by atoms with van der Waals surface area (Å²) in [6, 6.07) is 3.77. The summed E-state index contributed by atoms with van der Waals surface area (Å²) in [6.45, 7) is 6.53. The molecule has 1 aromatic rings. The minimum Gasteiger partial charge on any atom is -0.310 e. The van der Waals surface area contributed by atoms with E-state index >= 15 is 0 Å². The van der Waals surface area contributed by atoms with Gasteiger partial charge in [0.05, 0.1) is 4.92 Å². The summed E-state index contributed by atoms with van der Waals surface area (Å²) >= 11 is 0. The van der Waals surface area contributed by atoms with Crippen LogP contribution < -0.4 is 5.32 Å². The van der Waals surface area contributed by atoms with Gasteiger partial charge >= 0.3 is 0 Å². The Morgan fingerprint density at radius 2 is 2.11 bits per heavy atom. The highest BCUT2D eigenvalue weighted by molar-refractivity contribution is 5.40. The third kappa shape index (κ3) is 3.77. The van der Waals surface area contributed by atoms with Crippen LogP contribution in [-0.4, -0.2) is 11.0 Å². The molecule has 0 saturated carbocycles.